The van der Waals surface area contributed by atoms with E-state index in [2.05, 4.69) is 15.6 Å². The van der Waals surface area contributed by atoms with Gasteiger partial charge in [0, 0.05) is 41.4 Å². The van der Waals surface area contributed by atoms with E-state index in [1.807, 2.05) is 41.8 Å². The van der Waals surface area contributed by atoms with Gasteiger partial charge in [0.1, 0.15) is 39.8 Å². The lowest BCUT2D eigenvalue weighted by molar-refractivity contribution is -0.145. The van der Waals surface area contributed by atoms with Crippen molar-refractivity contribution < 1.29 is 29.0 Å². The fourth-order valence-corrected chi connectivity index (χ4v) is 8.05. The van der Waals surface area contributed by atoms with Gasteiger partial charge >= 0.3 is 5.97 Å². The van der Waals surface area contributed by atoms with E-state index in [1.54, 1.807) is 30.1 Å². The van der Waals surface area contributed by atoms with Crippen LogP contribution in [-0.4, -0.2) is 85.0 Å². The number of thiazole rings is 1. The van der Waals surface area contributed by atoms with E-state index in [1.165, 1.54) is 32.4 Å². The molecule has 3 amide bonds. The second-order valence-corrected chi connectivity index (χ2v) is 14.5. The number of carbonyl (C=O) groups excluding carboxylic acids is 3. The average Bonchev–Trinajstić information content (AvgIpc) is 3.77. The van der Waals surface area contributed by atoms with Gasteiger partial charge in [-0.3, -0.25) is 14.4 Å². The molecule has 5 heterocycles. The summed E-state index contributed by atoms with van der Waals surface area (Å²) in [6.45, 7) is 0.0825. The third-order valence-corrected chi connectivity index (χ3v) is 11.1. The number of ether oxygens (including phenoxy) is 1. The number of nitrogens with one attached hydrogen (secondary N) is 2. The molecular formula is C35H37N7O6S2. The lowest BCUT2D eigenvalue weighted by Gasteiger charge is -2.29. The molecule has 2 aliphatic heterocycles. The lowest BCUT2D eigenvalue weighted by Crippen LogP contribution is -2.56. The Morgan fingerprint density at radius 3 is 2.62 bits per heavy atom. The maximum Gasteiger partial charge on any atom is 0.330 e. The molecule has 260 valence electrons. The van der Waals surface area contributed by atoms with Crippen LogP contribution >= 0.6 is 22.7 Å². The van der Waals surface area contributed by atoms with Crippen LogP contribution in [0.25, 0.3) is 22.0 Å². The molecule has 2 fully saturated rings. The largest absolute Gasteiger partial charge is 0.497 e. The monoisotopic (exact) mass is 715 g/mol. The number of benzene rings is 1. The van der Waals surface area contributed by atoms with E-state index in [-0.39, 0.29) is 31.2 Å². The Morgan fingerprint density at radius 1 is 1.08 bits per heavy atom. The van der Waals surface area contributed by atoms with Crippen molar-refractivity contribution in [2.45, 2.75) is 68.6 Å². The molecule has 0 spiro atoms. The molecule has 3 aliphatic rings. The summed E-state index contributed by atoms with van der Waals surface area (Å²) < 4.78 is 5.34. The van der Waals surface area contributed by atoms with E-state index in [0.29, 0.717) is 40.6 Å². The number of rotatable bonds is 7. The summed E-state index contributed by atoms with van der Waals surface area (Å²) >= 11 is 2.81. The summed E-state index contributed by atoms with van der Waals surface area (Å²) in [4.78, 5) is 61.8. The van der Waals surface area contributed by atoms with Crippen molar-refractivity contribution in [2.24, 2.45) is 5.92 Å². The molecule has 1 saturated heterocycles. The minimum atomic E-state index is -1.43. The lowest BCUT2D eigenvalue weighted by atomic mass is 10.0. The van der Waals surface area contributed by atoms with Crippen LogP contribution in [0.5, 0.6) is 5.75 Å². The number of nitrogens with zero attached hydrogens (tertiary/aromatic N) is 5. The first-order valence-corrected chi connectivity index (χ1v) is 18.5. The fraction of sp³-hybridized carbons (Fsp3) is 0.400. The van der Waals surface area contributed by atoms with Crippen LogP contribution < -0.4 is 15.4 Å². The van der Waals surface area contributed by atoms with E-state index < -0.39 is 41.4 Å². The van der Waals surface area contributed by atoms with Gasteiger partial charge in [-0.1, -0.05) is 25.0 Å². The van der Waals surface area contributed by atoms with Crippen LogP contribution in [0.4, 0.5) is 0 Å². The van der Waals surface area contributed by atoms with Gasteiger partial charge in [-0.05, 0) is 61.4 Å². The normalized spacial score (nSPS) is 25.5. The van der Waals surface area contributed by atoms with E-state index in [0.717, 1.165) is 24.8 Å². The Kier molecular flexibility index (Phi) is 9.51. The maximum atomic E-state index is 14.5. The summed E-state index contributed by atoms with van der Waals surface area (Å²) in [5.74, 6) is -2.07. The number of fused-ring (bicyclic) bond motifs is 2. The molecule has 15 heteroatoms. The number of amides is 3. The summed E-state index contributed by atoms with van der Waals surface area (Å²) in [6.07, 6.45) is 9.49. The molecule has 4 aromatic rings. The number of thiophene rings is 1. The van der Waals surface area contributed by atoms with Gasteiger partial charge in [0.25, 0.3) is 5.91 Å². The van der Waals surface area contributed by atoms with Crippen LogP contribution in [0.1, 0.15) is 61.3 Å². The van der Waals surface area contributed by atoms with Crippen LogP contribution in [0.2, 0.25) is 0 Å². The Balaban J connectivity index is 1.24. The van der Waals surface area contributed by atoms with E-state index in [9.17, 15) is 24.3 Å². The van der Waals surface area contributed by atoms with E-state index in [4.69, 9.17) is 14.9 Å². The van der Waals surface area contributed by atoms with Gasteiger partial charge in [0.15, 0.2) is 0 Å². The second kappa shape index (κ2) is 14.2. The quantitative estimate of drug-likeness (QED) is 0.232. The van der Waals surface area contributed by atoms with Crippen molar-refractivity contribution in [3.8, 4) is 27.7 Å². The van der Waals surface area contributed by atoms with E-state index >= 15 is 0 Å². The van der Waals surface area contributed by atoms with Crippen LogP contribution in [-0.2, 0) is 14.4 Å². The molecule has 1 aliphatic carbocycles. The van der Waals surface area contributed by atoms with Crippen LogP contribution in [0, 0.1) is 5.92 Å². The number of hydrogen-bond donors (Lipinski definition) is 3. The Labute approximate surface area is 296 Å². The number of carboxylic acids is 1. The number of allylic oxidation sites excluding steroid dienone is 1. The zero-order valence-electron chi connectivity index (χ0n) is 27.4. The number of aromatic nitrogens is 4. The highest BCUT2D eigenvalue weighted by atomic mass is 32.1. The standard InChI is InChI=1S/C35H37N7O6S2/c1-48-25-11-9-21(10-12-25)28-29(32-36-14-16-50-32)40-42(39-28)24-17-27-31(44)38-35(34(46)47)18-23(35)7-5-3-2-4-6-8-26(33(45)41(27)19-24)37-30(43)22-13-15-49-20-22/h5,7,9-16,20,23-24,26-27H,2-4,6,8,17-19H2,1H3,(H,37,43)(H,38,44)(H,46,47)/t23-,24-,26-,27+,35-/m1/s1. The number of carboxylic acid groups (broad SMARTS) is 1. The van der Waals surface area contributed by atoms with Crippen LogP contribution in [0.3, 0.4) is 0 Å². The fourth-order valence-electron chi connectivity index (χ4n) is 6.79. The van der Waals surface area contributed by atoms with Crippen molar-refractivity contribution in [1.82, 2.24) is 35.5 Å². The molecule has 1 saturated carbocycles. The van der Waals surface area contributed by atoms with Gasteiger partial charge in [0.2, 0.25) is 11.8 Å². The zero-order valence-corrected chi connectivity index (χ0v) is 29.0. The average molecular weight is 716 g/mol. The number of carbonyl (C=O) groups is 4. The Morgan fingerprint density at radius 2 is 1.90 bits per heavy atom. The molecule has 0 radical (unpaired) electrons. The van der Waals surface area contributed by atoms with Crippen molar-refractivity contribution >= 4 is 46.4 Å². The molecule has 3 N–H and O–H groups in total. The molecule has 50 heavy (non-hydrogen) atoms. The minimum absolute atomic E-state index is 0.0825. The first-order chi connectivity index (χ1) is 24.3. The Hall–Kier alpha value is -4.89. The highest BCUT2D eigenvalue weighted by Crippen LogP contribution is 2.46. The third kappa shape index (κ3) is 6.66. The molecular weight excluding hydrogens is 679 g/mol. The molecule has 1 aromatic carbocycles. The topological polar surface area (TPSA) is 169 Å². The summed E-state index contributed by atoms with van der Waals surface area (Å²) in [5.41, 5.74) is 0.958. The van der Waals surface area contributed by atoms with Gasteiger partial charge in [0.05, 0.1) is 18.7 Å². The number of hydrogen-bond acceptors (Lipinski definition) is 10. The first kappa shape index (κ1) is 33.6. The second-order valence-electron chi connectivity index (χ2n) is 12.9. The third-order valence-electron chi connectivity index (χ3n) is 9.68. The smallest absolute Gasteiger partial charge is 0.330 e. The molecule has 0 unspecified atom stereocenters. The van der Waals surface area contributed by atoms with Crippen LogP contribution in [0.15, 0.2) is 64.8 Å². The highest BCUT2D eigenvalue weighted by Gasteiger charge is 2.61. The molecule has 7 rings (SSSR count). The number of aliphatic carboxylic acids is 1. The van der Waals surface area contributed by atoms with Gasteiger partial charge in [-0.25, -0.2) is 9.78 Å². The molecule has 5 atom stereocenters. The highest BCUT2D eigenvalue weighted by molar-refractivity contribution is 7.13. The van der Waals surface area contributed by atoms with Gasteiger partial charge in [-0.15, -0.1) is 16.4 Å². The summed E-state index contributed by atoms with van der Waals surface area (Å²) in [7, 11) is 1.59. The first-order valence-electron chi connectivity index (χ1n) is 16.6. The molecule has 13 nitrogen and oxygen atoms in total. The Bertz CT molecular complexity index is 1890. The number of methoxy groups -OCH3 is 1. The van der Waals surface area contributed by atoms with Crippen molar-refractivity contribution in [3.05, 3.63) is 70.4 Å². The molecule has 0 bridgehead atoms. The summed E-state index contributed by atoms with van der Waals surface area (Å²) in [5, 5.41) is 31.7. The minimum Gasteiger partial charge on any atom is -0.497 e. The predicted octanol–water partition coefficient (Wildman–Crippen LogP) is 4.56. The van der Waals surface area contributed by atoms with Crippen molar-refractivity contribution in [2.75, 3.05) is 13.7 Å². The summed E-state index contributed by atoms with van der Waals surface area (Å²) in [6, 6.07) is 6.70. The van der Waals surface area contributed by atoms with Gasteiger partial charge in [-0.2, -0.15) is 21.2 Å². The SMILES string of the molecule is COc1ccc(-c2nn([C@@H]3C[C@H]4C(=O)N[C@]5(C(=O)O)C[C@H]5C=CCCCCC[C@@H](NC(=O)c5ccsc5)C(=O)N4C3)nc2-c2nccs2)cc1. The predicted molar refractivity (Wildman–Crippen MR) is 187 cm³/mol. The maximum absolute atomic E-state index is 14.5. The van der Waals surface area contributed by atoms with Crippen molar-refractivity contribution in [3.63, 3.8) is 0 Å². The van der Waals surface area contributed by atoms with Gasteiger partial charge < -0.3 is 25.4 Å². The molecule has 3 aromatic heterocycles. The van der Waals surface area contributed by atoms with Crippen molar-refractivity contribution in [1.29, 1.82) is 0 Å². The zero-order chi connectivity index (χ0) is 34.8.